The van der Waals surface area contributed by atoms with Gasteiger partial charge in [0.2, 0.25) is 0 Å². The highest BCUT2D eigenvalue weighted by atomic mass is 79.9. The van der Waals surface area contributed by atoms with E-state index in [0.717, 1.165) is 116 Å². The molecule has 1 aliphatic rings. The number of aromatic amines is 4. The van der Waals surface area contributed by atoms with E-state index < -0.39 is 0 Å². The molecule has 0 fully saturated rings. The number of aromatic nitrogens is 4. The van der Waals surface area contributed by atoms with Gasteiger partial charge in [0.1, 0.15) is 78.8 Å². The summed E-state index contributed by atoms with van der Waals surface area (Å²) in [5, 5.41) is 0. The third kappa shape index (κ3) is 6.15. The van der Waals surface area contributed by atoms with Crippen molar-refractivity contribution < 1.29 is 0 Å². The van der Waals surface area contributed by atoms with Gasteiger partial charge in [0.05, 0.1) is 37.0 Å². The molecule has 258 valence electrons. The summed E-state index contributed by atoms with van der Waals surface area (Å²) in [5.41, 5.74) is 13.9. The van der Waals surface area contributed by atoms with E-state index in [2.05, 4.69) is 241 Å². The van der Waals surface area contributed by atoms with Crippen molar-refractivity contribution in [3.8, 4) is 11.4 Å². The molecule has 0 saturated heterocycles. The van der Waals surface area contributed by atoms with Gasteiger partial charge in [-0.25, -0.2) is 0 Å². The molecule has 0 radical (unpaired) electrons. The van der Waals surface area contributed by atoms with Gasteiger partial charge in [-0.05, 0) is 106 Å². The number of hydrogen-bond donors (Lipinski definition) is 4. The van der Waals surface area contributed by atoms with Crippen molar-refractivity contribution in [2.75, 3.05) is 0 Å². The minimum atomic E-state index is 0.879. The lowest BCUT2D eigenvalue weighted by molar-refractivity contribution is 1.02. The minimum absolute atomic E-state index is 0.879. The van der Waals surface area contributed by atoms with Gasteiger partial charge in [-0.3, -0.25) is 0 Å². The molecule has 5 heterocycles. The highest BCUT2D eigenvalue weighted by Crippen LogP contribution is 2.53. The quantitative estimate of drug-likeness (QED) is 0.127. The van der Waals surface area contributed by atoms with Gasteiger partial charge in [-0.15, -0.1) is 0 Å². The monoisotopic (exact) mass is 1190 g/mol. The van der Waals surface area contributed by atoms with E-state index in [1.165, 1.54) is 16.7 Å². The molecule has 7 aromatic rings. The molecule has 8 bridgehead atoms. The van der Waals surface area contributed by atoms with Crippen LogP contribution in [0.3, 0.4) is 0 Å². The molecule has 0 amide bonds. The molecular weight excluding hydrogens is 1180 g/mol. The largest absolute Gasteiger partial charge is 0.338 e. The molecule has 1 aliphatic heterocycles. The van der Waals surface area contributed by atoms with Crippen molar-refractivity contribution in [3.63, 3.8) is 0 Å². The summed E-state index contributed by atoms with van der Waals surface area (Å²) < 4.78 is 7.16. The van der Waals surface area contributed by atoms with Crippen molar-refractivity contribution in [1.29, 1.82) is 0 Å². The second-order valence-electron chi connectivity index (χ2n) is 12.7. The standard InChI is InChI=1S/C40H25Br8N4/c1-16-4-10-19(11-5-16)22-33-25(41)27(43)35(49-33)23(20-12-6-17(2)7-13-20)37-29(45)31(47)39(51-37)40-32(48)30(46)38(52-40)24(21-14-8-18(3)9-15-21)36-28(44)26(42)34(22)50-36/h4-15,49-52H,1-3H3/q+3. The molecule has 0 aliphatic carbocycles. The van der Waals surface area contributed by atoms with Crippen LogP contribution in [0.5, 0.6) is 0 Å². The van der Waals surface area contributed by atoms with Crippen LogP contribution in [0.15, 0.2) is 109 Å². The Balaban J connectivity index is 1.52. The second kappa shape index (κ2) is 14.4. The predicted molar refractivity (Wildman–Crippen MR) is 239 cm³/mol. The molecule has 4 aromatic heterocycles. The fourth-order valence-electron chi connectivity index (χ4n) is 6.60. The van der Waals surface area contributed by atoms with Gasteiger partial charge in [-0.1, -0.05) is 0 Å². The molecule has 52 heavy (non-hydrogen) atoms. The van der Waals surface area contributed by atoms with Crippen LogP contribution in [-0.4, -0.2) is 19.9 Å². The van der Waals surface area contributed by atoms with E-state index in [9.17, 15) is 0 Å². The average molecular weight is 1200 g/mol. The van der Waals surface area contributed by atoms with E-state index >= 15 is 0 Å². The highest BCUT2D eigenvalue weighted by Gasteiger charge is 2.44. The summed E-state index contributed by atoms with van der Waals surface area (Å²) in [7, 11) is 0. The summed E-state index contributed by atoms with van der Waals surface area (Å²) in [5.74, 6) is 2.95. The number of rotatable bonds is 3. The maximum atomic E-state index is 4.04. The van der Waals surface area contributed by atoms with E-state index in [0.29, 0.717) is 0 Å². The van der Waals surface area contributed by atoms with Crippen LogP contribution < -0.4 is 0 Å². The maximum absolute atomic E-state index is 4.04. The van der Waals surface area contributed by atoms with Crippen LogP contribution in [0.4, 0.5) is 0 Å². The number of aryl methyl sites for hydroxylation is 3. The first-order chi connectivity index (χ1) is 24.8. The second-order valence-corrected chi connectivity index (χ2v) is 19.1. The fourth-order valence-corrected chi connectivity index (χ4v) is 10.6. The molecule has 4 nitrogen and oxygen atoms in total. The van der Waals surface area contributed by atoms with Crippen molar-refractivity contribution >= 4 is 127 Å². The SMILES string of the molecule is Cc1ccc([C+]2c3[nH]c(c(Br)c3Br)-c3[nH]c(c(Br)c3Br)[C+](c3ccc(C)cc3)c3[nH]c(c(Br)c3Br)[C+](c3ccc(C)cc3)c3[nH]c2c(Br)c3Br)cc1. The van der Waals surface area contributed by atoms with Crippen LogP contribution >= 0.6 is 127 Å². The van der Waals surface area contributed by atoms with E-state index in [1.54, 1.807) is 0 Å². The Hall–Kier alpha value is -1.77. The first kappa shape index (κ1) is 37.2. The topological polar surface area (TPSA) is 63.2 Å². The van der Waals surface area contributed by atoms with Crippen LogP contribution in [0.25, 0.3) is 11.4 Å². The van der Waals surface area contributed by atoms with Gasteiger partial charge in [0.25, 0.3) is 0 Å². The number of fused-ring (bicyclic) bond motifs is 9. The molecule has 8 rings (SSSR count). The Bertz CT molecular complexity index is 2330. The first-order valence-corrected chi connectivity index (χ1v) is 22.3. The Morgan fingerprint density at radius 3 is 0.769 bits per heavy atom. The summed E-state index contributed by atoms with van der Waals surface area (Å²) in [6.45, 7) is 6.32. The summed E-state index contributed by atoms with van der Waals surface area (Å²) in [6.07, 6.45) is 0. The molecule has 0 atom stereocenters. The summed E-state index contributed by atoms with van der Waals surface area (Å²) in [6, 6.07) is 25.9. The molecule has 3 aromatic carbocycles. The van der Waals surface area contributed by atoms with Gasteiger partial charge in [-0.2, -0.15) is 0 Å². The highest BCUT2D eigenvalue weighted by molar-refractivity contribution is 9.14. The van der Waals surface area contributed by atoms with Gasteiger partial charge >= 0.3 is 0 Å². The predicted octanol–water partition coefficient (Wildman–Crippen LogP) is 15.1. The van der Waals surface area contributed by atoms with Gasteiger partial charge in [0, 0.05) is 132 Å². The zero-order valence-electron chi connectivity index (χ0n) is 27.5. The molecule has 0 saturated carbocycles. The van der Waals surface area contributed by atoms with Crippen LogP contribution in [0.1, 0.15) is 67.5 Å². The number of H-pyrrole nitrogens is 4. The van der Waals surface area contributed by atoms with Crippen LogP contribution in [-0.2, 0) is 0 Å². The zero-order chi connectivity index (χ0) is 36.7. The lowest BCUT2D eigenvalue weighted by Gasteiger charge is -2.13. The Labute approximate surface area is 369 Å². The number of nitrogens with one attached hydrogen (secondary N) is 4. The lowest BCUT2D eigenvalue weighted by atomic mass is 9.92. The number of hydrogen-bond acceptors (Lipinski definition) is 0. The molecule has 0 spiro atoms. The Morgan fingerprint density at radius 1 is 0.308 bits per heavy atom. The summed E-state index contributed by atoms with van der Waals surface area (Å²) >= 11 is 32.1. The van der Waals surface area contributed by atoms with Gasteiger partial charge < -0.3 is 19.9 Å². The van der Waals surface area contributed by atoms with Crippen molar-refractivity contribution in [3.05, 3.63) is 194 Å². The molecular formula is C40H25Br8N4+3. The maximum Gasteiger partial charge on any atom is 0.146 e. The number of benzene rings is 3. The average Bonchev–Trinajstić information content (AvgIpc) is 3.79. The van der Waals surface area contributed by atoms with E-state index in [-0.39, 0.29) is 0 Å². The van der Waals surface area contributed by atoms with Crippen LogP contribution in [0, 0.1) is 38.5 Å². The first-order valence-electron chi connectivity index (χ1n) is 16.0. The van der Waals surface area contributed by atoms with E-state index in [1.807, 2.05) is 0 Å². The molecule has 0 unspecified atom stereocenters. The molecule has 4 N–H and O–H groups in total. The Kier molecular flexibility index (Phi) is 10.3. The zero-order valence-corrected chi connectivity index (χ0v) is 40.1. The van der Waals surface area contributed by atoms with E-state index in [4.69, 9.17) is 0 Å². The number of halogens is 8. The summed E-state index contributed by atoms with van der Waals surface area (Å²) in [4.78, 5) is 15.4. The third-order valence-electron chi connectivity index (χ3n) is 9.30. The normalized spacial score (nSPS) is 12.8. The minimum Gasteiger partial charge on any atom is -0.338 e. The Morgan fingerprint density at radius 2 is 0.519 bits per heavy atom. The fraction of sp³-hybridized carbons (Fsp3) is 0.0750. The van der Waals surface area contributed by atoms with Crippen LogP contribution in [0.2, 0.25) is 0 Å². The smallest absolute Gasteiger partial charge is 0.146 e. The molecule has 12 heteroatoms. The van der Waals surface area contributed by atoms with Crippen molar-refractivity contribution in [1.82, 2.24) is 19.9 Å². The van der Waals surface area contributed by atoms with Gasteiger partial charge in [0.15, 0.2) is 0 Å². The van der Waals surface area contributed by atoms with Crippen molar-refractivity contribution in [2.24, 2.45) is 0 Å². The van der Waals surface area contributed by atoms with Crippen molar-refractivity contribution in [2.45, 2.75) is 20.8 Å². The lowest BCUT2D eigenvalue weighted by Crippen LogP contribution is -2.11. The third-order valence-corrected chi connectivity index (χ3v) is 17.8.